The van der Waals surface area contributed by atoms with Gasteiger partial charge in [0.05, 0.1) is 20.6 Å². The number of hydrogen-bond donors (Lipinski definition) is 2. The molecule has 0 atom stereocenters. The Morgan fingerprint density at radius 2 is 1.50 bits per heavy atom. The van der Waals surface area contributed by atoms with E-state index >= 15 is 0 Å². The summed E-state index contributed by atoms with van der Waals surface area (Å²) >= 11 is 17.9. The molecule has 0 saturated carbocycles. The Bertz CT molecular complexity index is 1220. The van der Waals surface area contributed by atoms with Gasteiger partial charge in [-0.3, -0.25) is 10.1 Å². The summed E-state index contributed by atoms with van der Waals surface area (Å²) in [5.74, 6) is -1.34. The maximum atomic E-state index is 13.1. The van der Waals surface area contributed by atoms with Crippen LogP contribution in [0.3, 0.4) is 0 Å². The van der Waals surface area contributed by atoms with Gasteiger partial charge in [0.15, 0.2) is 5.75 Å². The highest BCUT2D eigenvalue weighted by Crippen LogP contribution is 2.40. The van der Waals surface area contributed by atoms with E-state index in [1.54, 1.807) is 0 Å². The van der Waals surface area contributed by atoms with Crippen LogP contribution in [-0.4, -0.2) is 17.4 Å². The smallest absolute Gasteiger partial charge is 0.446 e. The molecule has 0 aromatic heterocycles. The van der Waals surface area contributed by atoms with Gasteiger partial charge in [-0.25, -0.2) is 9.18 Å². The lowest BCUT2D eigenvalue weighted by Gasteiger charge is -2.13. The molecular formula is C21H11Cl3F4N2O3S. The van der Waals surface area contributed by atoms with Gasteiger partial charge >= 0.3 is 11.5 Å². The van der Waals surface area contributed by atoms with Crippen molar-refractivity contribution >= 4 is 64.2 Å². The van der Waals surface area contributed by atoms with E-state index < -0.39 is 23.3 Å². The molecular weight excluding hydrogens is 543 g/mol. The summed E-state index contributed by atoms with van der Waals surface area (Å²) in [6.07, 6.45) is 0. The number of benzene rings is 3. The number of imide groups is 1. The predicted octanol–water partition coefficient (Wildman–Crippen LogP) is 8.15. The molecule has 0 spiro atoms. The molecule has 0 aliphatic heterocycles. The van der Waals surface area contributed by atoms with Crippen LogP contribution in [-0.2, 0) is 0 Å². The molecule has 0 radical (unpaired) electrons. The van der Waals surface area contributed by atoms with Crippen LogP contribution >= 0.6 is 46.6 Å². The molecule has 3 rings (SSSR count). The molecule has 5 nitrogen and oxygen atoms in total. The zero-order valence-corrected chi connectivity index (χ0v) is 19.6. The Morgan fingerprint density at radius 3 is 2.06 bits per heavy atom. The highest BCUT2D eigenvalue weighted by atomic mass is 35.5. The second kappa shape index (κ2) is 10.7. The van der Waals surface area contributed by atoms with E-state index in [-0.39, 0.29) is 54.5 Å². The number of halogens is 7. The number of urea groups is 1. The lowest BCUT2D eigenvalue weighted by atomic mass is 10.2. The summed E-state index contributed by atoms with van der Waals surface area (Å²) in [6.45, 7) is 0. The second-order valence-corrected chi connectivity index (χ2v) is 8.78. The summed E-state index contributed by atoms with van der Waals surface area (Å²) in [5, 5.41) is 4.15. The fourth-order valence-corrected chi connectivity index (χ4v) is 3.92. The monoisotopic (exact) mass is 552 g/mol. The van der Waals surface area contributed by atoms with Crippen LogP contribution in [0.2, 0.25) is 15.1 Å². The van der Waals surface area contributed by atoms with E-state index in [0.29, 0.717) is 0 Å². The summed E-state index contributed by atoms with van der Waals surface area (Å²) in [6, 6.07) is 9.75. The zero-order chi connectivity index (χ0) is 25.0. The minimum Gasteiger partial charge on any atom is -0.454 e. The van der Waals surface area contributed by atoms with E-state index in [2.05, 4.69) is 5.32 Å². The number of hydrogen-bond acceptors (Lipinski definition) is 4. The normalized spacial score (nSPS) is 11.1. The zero-order valence-electron chi connectivity index (χ0n) is 16.5. The van der Waals surface area contributed by atoms with Crippen LogP contribution in [0.4, 0.5) is 28.0 Å². The van der Waals surface area contributed by atoms with Crippen molar-refractivity contribution < 1.29 is 31.9 Å². The number of ether oxygens (including phenoxy) is 1. The Kier molecular flexibility index (Phi) is 8.19. The maximum absolute atomic E-state index is 13.1. The van der Waals surface area contributed by atoms with Crippen LogP contribution < -0.4 is 15.4 Å². The lowest BCUT2D eigenvalue weighted by molar-refractivity contribution is -0.0328. The minimum absolute atomic E-state index is 0.000290. The van der Waals surface area contributed by atoms with Gasteiger partial charge in [0.25, 0.3) is 5.91 Å². The van der Waals surface area contributed by atoms with E-state index in [0.717, 1.165) is 18.2 Å². The third kappa shape index (κ3) is 7.17. The van der Waals surface area contributed by atoms with Crippen molar-refractivity contribution in [1.29, 1.82) is 0 Å². The molecule has 13 heteroatoms. The Balaban J connectivity index is 1.66. The molecule has 0 heterocycles. The van der Waals surface area contributed by atoms with Crippen molar-refractivity contribution in [2.75, 3.05) is 5.32 Å². The number of anilines is 1. The molecule has 0 aliphatic rings. The molecule has 0 saturated heterocycles. The van der Waals surface area contributed by atoms with Crippen LogP contribution in [0.1, 0.15) is 10.4 Å². The van der Waals surface area contributed by atoms with Gasteiger partial charge < -0.3 is 10.1 Å². The topological polar surface area (TPSA) is 67.4 Å². The minimum atomic E-state index is -4.42. The van der Waals surface area contributed by atoms with Crippen LogP contribution in [0.15, 0.2) is 59.5 Å². The summed E-state index contributed by atoms with van der Waals surface area (Å²) in [5.41, 5.74) is -4.42. The molecule has 0 bridgehead atoms. The van der Waals surface area contributed by atoms with Crippen LogP contribution in [0.25, 0.3) is 0 Å². The first-order valence-electron chi connectivity index (χ1n) is 9.01. The molecule has 178 valence electrons. The molecule has 3 amide bonds. The summed E-state index contributed by atoms with van der Waals surface area (Å²) < 4.78 is 56.0. The van der Waals surface area contributed by atoms with Crippen molar-refractivity contribution in [2.24, 2.45) is 0 Å². The van der Waals surface area contributed by atoms with Gasteiger partial charge in [0.2, 0.25) is 0 Å². The molecule has 0 aliphatic carbocycles. The summed E-state index contributed by atoms with van der Waals surface area (Å²) in [7, 11) is 0. The fourth-order valence-electron chi connectivity index (χ4n) is 2.56. The lowest BCUT2D eigenvalue weighted by Crippen LogP contribution is -2.34. The molecule has 0 fully saturated rings. The molecule has 0 unspecified atom stereocenters. The van der Waals surface area contributed by atoms with Crippen molar-refractivity contribution in [3.05, 3.63) is 81.0 Å². The fraction of sp³-hybridized carbons (Fsp3) is 0.0476. The van der Waals surface area contributed by atoms with Crippen molar-refractivity contribution in [2.45, 2.75) is 10.4 Å². The van der Waals surface area contributed by atoms with Gasteiger partial charge in [-0.05, 0) is 66.4 Å². The average molecular weight is 554 g/mol. The first kappa shape index (κ1) is 26.0. The summed E-state index contributed by atoms with van der Waals surface area (Å²) in [4.78, 5) is 24.3. The van der Waals surface area contributed by atoms with E-state index in [1.807, 2.05) is 5.32 Å². The highest BCUT2D eigenvalue weighted by Gasteiger charge is 2.29. The number of thioether (sulfide) groups is 1. The first-order valence-corrected chi connectivity index (χ1v) is 11.0. The number of alkyl halides is 3. The Morgan fingerprint density at radius 1 is 0.882 bits per heavy atom. The maximum Gasteiger partial charge on any atom is 0.446 e. The third-order valence-corrected chi connectivity index (χ3v) is 5.55. The Labute approximate surface area is 209 Å². The van der Waals surface area contributed by atoms with E-state index in [4.69, 9.17) is 39.5 Å². The average Bonchev–Trinajstić information content (AvgIpc) is 2.70. The van der Waals surface area contributed by atoms with Gasteiger partial charge in [-0.15, -0.1) is 0 Å². The number of nitrogens with one attached hydrogen (secondary N) is 2. The van der Waals surface area contributed by atoms with Gasteiger partial charge in [-0.1, -0.05) is 34.8 Å². The standard InChI is InChI=1S/C21H11Cl3F4N2O3S/c22-15-7-10(25)1-6-14(15)19(31)30-20(32)29-11-8-16(23)18(17(24)9-11)33-12-2-4-13(5-3-12)34-21(26,27)28/h1-9H,(H2,29,30,31,32). The van der Waals surface area contributed by atoms with Crippen LogP contribution in [0.5, 0.6) is 11.5 Å². The van der Waals surface area contributed by atoms with E-state index in [1.165, 1.54) is 36.4 Å². The largest absolute Gasteiger partial charge is 0.454 e. The Hall–Kier alpha value is -2.66. The highest BCUT2D eigenvalue weighted by molar-refractivity contribution is 8.00. The number of rotatable bonds is 5. The number of carbonyl (C=O) groups is 2. The molecule has 3 aromatic carbocycles. The van der Waals surface area contributed by atoms with Crippen LogP contribution in [0, 0.1) is 5.82 Å². The van der Waals surface area contributed by atoms with Crippen molar-refractivity contribution in [1.82, 2.24) is 5.32 Å². The van der Waals surface area contributed by atoms with Gasteiger partial charge in [0, 0.05) is 10.6 Å². The number of amides is 3. The number of carbonyl (C=O) groups excluding carboxylic acids is 2. The van der Waals surface area contributed by atoms with Crippen molar-refractivity contribution in [3.8, 4) is 11.5 Å². The second-order valence-electron chi connectivity index (χ2n) is 6.42. The van der Waals surface area contributed by atoms with Gasteiger partial charge in [0.1, 0.15) is 11.6 Å². The molecule has 34 heavy (non-hydrogen) atoms. The predicted molar refractivity (Wildman–Crippen MR) is 123 cm³/mol. The molecule has 2 N–H and O–H groups in total. The quantitative estimate of drug-likeness (QED) is 0.247. The SMILES string of the molecule is O=C(NC(=O)c1ccc(F)cc1Cl)Nc1cc(Cl)c(Oc2ccc(SC(F)(F)F)cc2)c(Cl)c1. The van der Waals surface area contributed by atoms with E-state index in [9.17, 15) is 27.2 Å². The first-order chi connectivity index (χ1) is 15.9. The molecule has 3 aromatic rings. The third-order valence-electron chi connectivity index (χ3n) is 3.94. The van der Waals surface area contributed by atoms with Gasteiger partial charge in [-0.2, -0.15) is 13.2 Å². The van der Waals surface area contributed by atoms with Crippen molar-refractivity contribution in [3.63, 3.8) is 0 Å².